The molecule has 1 aliphatic heterocycles. The third-order valence-electron chi connectivity index (χ3n) is 4.13. The summed E-state index contributed by atoms with van der Waals surface area (Å²) in [6.07, 6.45) is 0.915. The Labute approximate surface area is 140 Å². The number of amides is 1. The fourth-order valence-electron chi connectivity index (χ4n) is 2.73. The first kappa shape index (κ1) is 15.9. The number of hydrogen-bond acceptors (Lipinski definition) is 6. The van der Waals surface area contributed by atoms with Crippen LogP contribution in [0.3, 0.4) is 0 Å². The van der Waals surface area contributed by atoms with E-state index >= 15 is 0 Å². The van der Waals surface area contributed by atoms with Crippen LogP contribution in [0.5, 0.6) is 0 Å². The molecule has 1 atom stereocenters. The molecule has 6 nitrogen and oxygen atoms in total. The molecule has 0 aliphatic carbocycles. The number of nitrogens with zero attached hydrogens (tertiary/aromatic N) is 4. The molecule has 0 spiro atoms. The first-order valence-corrected chi connectivity index (χ1v) is 8.56. The Morgan fingerprint density at radius 3 is 2.70 bits per heavy atom. The third-order valence-corrected chi connectivity index (χ3v) is 5.12. The molecule has 3 rings (SSSR count). The molecule has 1 saturated heterocycles. The van der Waals surface area contributed by atoms with E-state index in [4.69, 9.17) is 0 Å². The zero-order valence-corrected chi connectivity index (χ0v) is 14.7. The van der Waals surface area contributed by atoms with E-state index in [1.54, 1.807) is 18.3 Å². The van der Waals surface area contributed by atoms with Gasteiger partial charge >= 0.3 is 0 Å². The van der Waals surface area contributed by atoms with Crippen LogP contribution in [0.4, 0.5) is 10.9 Å². The van der Waals surface area contributed by atoms with Gasteiger partial charge in [0.2, 0.25) is 5.91 Å². The van der Waals surface area contributed by atoms with Crippen molar-refractivity contribution in [2.75, 3.05) is 18.4 Å². The van der Waals surface area contributed by atoms with Crippen LogP contribution in [0.15, 0.2) is 6.07 Å². The summed E-state index contributed by atoms with van der Waals surface area (Å²) in [4.78, 5) is 28.3. The van der Waals surface area contributed by atoms with Gasteiger partial charge < -0.3 is 10.2 Å². The Morgan fingerprint density at radius 1 is 1.30 bits per heavy atom. The zero-order chi connectivity index (χ0) is 16.6. The number of rotatable bonds is 3. The third kappa shape index (κ3) is 3.50. The summed E-state index contributed by atoms with van der Waals surface area (Å²) in [5.74, 6) is 1.90. The molecule has 3 heterocycles. The highest BCUT2D eigenvalue weighted by atomic mass is 32.1. The van der Waals surface area contributed by atoms with Gasteiger partial charge in [-0.1, -0.05) is 0 Å². The lowest BCUT2D eigenvalue weighted by molar-refractivity contribution is -0.127. The average Bonchev–Trinajstić information content (AvgIpc) is 3.06. The summed E-state index contributed by atoms with van der Waals surface area (Å²) in [5, 5.41) is 4.13. The van der Waals surface area contributed by atoms with Gasteiger partial charge in [0.15, 0.2) is 5.13 Å². The maximum atomic E-state index is 11.5. The van der Waals surface area contributed by atoms with E-state index in [0.29, 0.717) is 6.54 Å². The molecular weight excluding hydrogens is 310 g/mol. The van der Waals surface area contributed by atoms with Gasteiger partial charge in [0.1, 0.15) is 11.6 Å². The minimum atomic E-state index is 0.118. The van der Waals surface area contributed by atoms with Gasteiger partial charge in [-0.05, 0) is 27.2 Å². The molecule has 1 fully saturated rings. The molecule has 1 N–H and O–H groups in total. The smallest absolute Gasteiger partial charge is 0.219 e. The fraction of sp³-hybridized carbons (Fsp3) is 0.500. The quantitative estimate of drug-likeness (QED) is 0.936. The minimum absolute atomic E-state index is 0.118. The Morgan fingerprint density at radius 2 is 2.09 bits per heavy atom. The molecule has 0 saturated carbocycles. The molecule has 7 heteroatoms. The number of carbonyl (C=O) groups excluding carboxylic acids is 1. The van der Waals surface area contributed by atoms with E-state index in [9.17, 15) is 4.79 Å². The van der Waals surface area contributed by atoms with Crippen molar-refractivity contribution in [1.82, 2.24) is 19.9 Å². The predicted molar refractivity (Wildman–Crippen MR) is 91.3 cm³/mol. The first-order chi connectivity index (χ1) is 10.9. The average molecular weight is 331 g/mol. The maximum Gasteiger partial charge on any atom is 0.219 e. The van der Waals surface area contributed by atoms with Crippen molar-refractivity contribution >= 4 is 28.2 Å². The summed E-state index contributed by atoms with van der Waals surface area (Å²) in [5.41, 5.74) is 1.96. The van der Waals surface area contributed by atoms with Crippen LogP contribution in [-0.4, -0.2) is 38.8 Å². The number of aromatic nitrogens is 3. The highest BCUT2D eigenvalue weighted by Crippen LogP contribution is 2.28. The first-order valence-electron chi connectivity index (χ1n) is 7.74. The monoisotopic (exact) mass is 331 g/mol. The van der Waals surface area contributed by atoms with Crippen molar-refractivity contribution < 1.29 is 4.79 Å². The number of nitrogens with one attached hydrogen (secondary N) is 1. The van der Waals surface area contributed by atoms with Crippen LogP contribution < -0.4 is 5.32 Å². The molecule has 1 aliphatic rings. The number of thiazole rings is 1. The normalized spacial score (nSPS) is 17.6. The van der Waals surface area contributed by atoms with Crippen molar-refractivity contribution in [3.63, 3.8) is 0 Å². The van der Waals surface area contributed by atoms with Gasteiger partial charge in [-0.3, -0.25) is 4.79 Å². The SMILES string of the molecule is CC(=O)N1CCC(c2nc(C)cc(Nc3nc(C)c(C)s3)n2)C1. The molecular formula is C16H21N5OS. The van der Waals surface area contributed by atoms with Gasteiger partial charge in [-0.15, -0.1) is 11.3 Å². The fourth-order valence-corrected chi connectivity index (χ4v) is 3.55. The lowest BCUT2D eigenvalue weighted by atomic mass is 10.1. The predicted octanol–water partition coefficient (Wildman–Crippen LogP) is 2.94. The molecule has 2 aromatic heterocycles. The topological polar surface area (TPSA) is 71.0 Å². The number of anilines is 2. The van der Waals surface area contributed by atoms with Crippen LogP contribution in [0.2, 0.25) is 0 Å². The number of hydrogen-bond donors (Lipinski definition) is 1. The van der Waals surface area contributed by atoms with E-state index in [0.717, 1.165) is 41.1 Å². The molecule has 2 aromatic rings. The Balaban J connectivity index is 1.80. The summed E-state index contributed by atoms with van der Waals surface area (Å²) in [6.45, 7) is 9.12. The Kier molecular flexibility index (Phi) is 4.30. The van der Waals surface area contributed by atoms with Crippen LogP contribution >= 0.6 is 11.3 Å². The van der Waals surface area contributed by atoms with Crippen LogP contribution in [-0.2, 0) is 4.79 Å². The second-order valence-electron chi connectivity index (χ2n) is 5.99. The standard InChI is InChI=1S/C16H21N5OS/c1-9-7-14(20-16-18-10(2)11(3)23-16)19-15(17-9)13-5-6-21(8-13)12(4)22/h7,13H,5-6,8H2,1-4H3,(H,17,18,19,20). The summed E-state index contributed by atoms with van der Waals surface area (Å²) in [7, 11) is 0. The van der Waals surface area contributed by atoms with Crippen LogP contribution in [0.25, 0.3) is 0 Å². The van der Waals surface area contributed by atoms with Crippen molar-refractivity contribution in [3.8, 4) is 0 Å². The molecule has 122 valence electrons. The lowest BCUT2D eigenvalue weighted by Gasteiger charge is -2.14. The number of aryl methyl sites for hydroxylation is 3. The van der Waals surface area contributed by atoms with Crippen LogP contribution in [0, 0.1) is 20.8 Å². The molecule has 1 amide bonds. The van der Waals surface area contributed by atoms with Crippen molar-refractivity contribution in [3.05, 3.63) is 28.2 Å². The molecule has 0 radical (unpaired) electrons. The van der Waals surface area contributed by atoms with E-state index in [-0.39, 0.29) is 11.8 Å². The van der Waals surface area contributed by atoms with E-state index < -0.39 is 0 Å². The molecule has 23 heavy (non-hydrogen) atoms. The summed E-state index contributed by atoms with van der Waals surface area (Å²) < 4.78 is 0. The zero-order valence-electron chi connectivity index (χ0n) is 13.9. The van der Waals surface area contributed by atoms with E-state index in [2.05, 4.69) is 27.2 Å². The van der Waals surface area contributed by atoms with Gasteiger partial charge in [0.25, 0.3) is 0 Å². The number of likely N-dealkylation sites (tertiary alicyclic amines) is 1. The molecule has 0 bridgehead atoms. The number of carbonyl (C=O) groups is 1. The van der Waals surface area contributed by atoms with Gasteiger partial charge in [0.05, 0.1) is 5.69 Å². The van der Waals surface area contributed by atoms with E-state index in [1.165, 1.54) is 4.88 Å². The highest BCUT2D eigenvalue weighted by molar-refractivity contribution is 7.15. The van der Waals surface area contributed by atoms with Gasteiger partial charge in [-0.2, -0.15) is 0 Å². The highest BCUT2D eigenvalue weighted by Gasteiger charge is 2.27. The van der Waals surface area contributed by atoms with Crippen molar-refractivity contribution in [2.45, 2.75) is 40.0 Å². The Bertz CT molecular complexity index is 723. The van der Waals surface area contributed by atoms with E-state index in [1.807, 2.05) is 24.8 Å². The summed E-state index contributed by atoms with van der Waals surface area (Å²) in [6, 6.07) is 1.92. The molecule has 0 aromatic carbocycles. The second-order valence-corrected chi connectivity index (χ2v) is 7.19. The van der Waals surface area contributed by atoms with Crippen LogP contribution in [0.1, 0.15) is 41.4 Å². The second kappa shape index (κ2) is 6.23. The maximum absolute atomic E-state index is 11.5. The molecule has 1 unspecified atom stereocenters. The summed E-state index contributed by atoms with van der Waals surface area (Å²) >= 11 is 1.62. The Hall–Kier alpha value is -2.02. The largest absolute Gasteiger partial charge is 0.342 e. The van der Waals surface area contributed by atoms with Gasteiger partial charge in [-0.25, -0.2) is 15.0 Å². The van der Waals surface area contributed by atoms with Crippen molar-refractivity contribution in [2.24, 2.45) is 0 Å². The van der Waals surface area contributed by atoms with Gasteiger partial charge in [0, 0.05) is 42.6 Å². The lowest BCUT2D eigenvalue weighted by Crippen LogP contribution is -2.25. The van der Waals surface area contributed by atoms with Crippen molar-refractivity contribution in [1.29, 1.82) is 0 Å². The minimum Gasteiger partial charge on any atom is -0.342 e.